The summed E-state index contributed by atoms with van der Waals surface area (Å²) in [5, 5.41) is 0. The van der Waals surface area contributed by atoms with E-state index in [2.05, 4.69) is 262 Å². The Morgan fingerprint density at radius 3 is 0.397 bits per heavy atom. The first-order valence-electron chi connectivity index (χ1n) is 26.4. The van der Waals surface area contributed by atoms with Gasteiger partial charge in [0.1, 0.15) is 0 Å². The largest absolute Gasteiger partial charge is 0.371 e. The molecular formula is C62H92N6. The summed E-state index contributed by atoms with van der Waals surface area (Å²) in [4.78, 5) is 15.1. The predicted molar refractivity (Wildman–Crippen MR) is 303 cm³/mol. The van der Waals surface area contributed by atoms with Crippen LogP contribution >= 0.6 is 0 Å². The molecular weight excluding hydrogens is 829 g/mol. The summed E-state index contributed by atoms with van der Waals surface area (Å²) in [6.07, 6.45) is 0. The molecule has 0 spiro atoms. The van der Waals surface area contributed by atoms with E-state index in [-0.39, 0.29) is 0 Å². The summed E-state index contributed by atoms with van der Waals surface area (Å²) in [6.45, 7) is 45.4. The van der Waals surface area contributed by atoms with E-state index in [0.717, 1.165) is 86.5 Å². The second-order valence-corrected chi connectivity index (χ2v) is 23.0. The third kappa shape index (κ3) is 16.0. The third-order valence-electron chi connectivity index (χ3n) is 11.9. The Bertz CT molecular complexity index is 1830. The second-order valence-electron chi connectivity index (χ2n) is 23.0. The van der Waals surface area contributed by atoms with Gasteiger partial charge in [0.25, 0.3) is 0 Å². The lowest BCUT2D eigenvalue weighted by Gasteiger charge is -2.32. The Balaban J connectivity index is 1.61. The number of anilines is 10. The summed E-state index contributed by atoms with van der Waals surface area (Å²) in [5.74, 6) is 4.65. The molecule has 0 atom stereocenters. The highest BCUT2D eigenvalue weighted by atomic mass is 15.2. The van der Waals surface area contributed by atoms with Crippen molar-refractivity contribution in [1.82, 2.24) is 0 Å². The molecule has 0 fully saturated rings. The molecule has 6 heteroatoms. The molecule has 0 bridgehead atoms. The van der Waals surface area contributed by atoms with Crippen molar-refractivity contribution in [3.8, 4) is 0 Å². The summed E-state index contributed by atoms with van der Waals surface area (Å²) in [5.41, 5.74) is 11.9. The van der Waals surface area contributed by atoms with Crippen molar-refractivity contribution >= 4 is 56.9 Å². The van der Waals surface area contributed by atoms with Gasteiger partial charge < -0.3 is 29.4 Å². The van der Waals surface area contributed by atoms with Gasteiger partial charge in [-0.2, -0.15) is 0 Å². The smallest absolute Gasteiger partial charge is 0.0463 e. The van der Waals surface area contributed by atoms with Crippen LogP contribution in [0, 0.1) is 47.3 Å². The van der Waals surface area contributed by atoms with Crippen LogP contribution in [-0.4, -0.2) is 52.4 Å². The fraction of sp³-hybridized carbons (Fsp3) is 0.516. The fourth-order valence-electron chi connectivity index (χ4n) is 9.56. The molecule has 0 aliphatic carbocycles. The number of rotatable bonds is 26. The van der Waals surface area contributed by atoms with Gasteiger partial charge in [-0.1, -0.05) is 111 Å². The van der Waals surface area contributed by atoms with E-state index in [1.807, 2.05) is 0 Å². The normalized spacial score (nSPS) is 11.9. The van der Waals surface area contributed by atoms with Crippen LogP contribution in [0.1, 0.15) is 111 Å². The van der Waals surface area contributed by atoms with Crippen LogP contribution in [0.3, 0.4) is 0 Å². The van der Waals surface area contributed by atoms with E-state index in [1.165, 1.54) is 22.7 Å². The van der Waals surface area contributed by atoms with Crippen LogP contribution in [0.2, 0.25) is 0 Å². The number of benzene rings is 5. The first kappa shape index (κ1) is 53.8. The average molecular weight is 921 g/mol. The zero-order valence-corrected chi connectivity index (χ0v) is 45.5. The minimum absolute atomic E-state index is 0.581. The summed E-state index contributed by atoms with van der Waals surface area (Å²) >= 11 is 0. The van der Waals surface area contributed by atoms with Gasteiger partial charge in [-0.05, 0) is 169 Å². The van der Waals surface area contributed by atoms with Crippen molar-refractivity contribution in [2.45, 2.75) is 111 Å². The van der Waals surface area contributed by atoms with Crippen LogP contribution < -0.4 is 29.4 Å². The molecule has 6 nitrogen and oxygen atoms in total. The van der Waals surface area contributed by atoms with E-state index >= 15 is 0 Å². The molecule has 5 rings (SSSR count). The van der Waals surface area contributed by atoms with Crippen LogP contribution in [0.5, 0.6) is 0 Å². The van der Waals surface area contributed by atoms with E-state index in [0.29, 0.717) is 47.3 Å². The van der Waals surface area contributed by atoms with Crippen molar-refractivity contribution in [1.29, 1.82) is 0 Å². The minimum Gasteiger partial charge on any atom is -0.371 e. The van der Waals surface area contributed by atoms with Crippen molar-refractivity contribution in [3.05, 3.63) is 121 Å². The molecule has 5 aromatic rings. The molecule has 0 amide bonds. The Morgan fingerprint density at radius 1 is 0.191 bits per heavy atom. The lowest BCUT2D eigenvalue weighted by molar-refractivity contribution is 0.552. The highest BCUT2D eigenvalue weighted by Gasteiger charge is 2.21. The first-order chi connectivity index (χ1) is 32.3. The molecule has 0 aromatic heterocycles. The maximum Gasteiger partial charge on any atom is 0.0463 e. The van der Waals surface area contributed by atoms with Gasteiger partial charge in [0.15, 0.2) is 0 Å². The van der Waals surface area contributed by atoms with Gasteiger partial charge in [0, 0.05) is 109 Å². The topological polar surface area (TPSA) is 19.4 Å². The Morgan fingerprint density at radius 2 is 0.294 bits per heavy atom. The second kappa shape index (κ2) is 25.5. The Hall–Kier alpha value is -5.10. The highest BCUT2D eigenvalue weighted by Crippen LogP contribution is 2.41. The van der Waals surface area contributed by atoms with Gasteiger partial charge in [-0.15, -0.1) is 0 Å². The van der Waals surface area contributed by atoms with Crippen molar-refractivity contribution < 1.29 is 0 Å². The molecule has 0 N–H and O–H groups in total. The van der Waals surface area contributed by atoms with E-state index in [4.69, 9.17) is 0 Å². The fourth-order valence-corrected chi connectivity index (χ4v) is 9.56. The number of nitrogens with zero attached hydrogens (tertiary/aromatic N) is 6. The number of hydrogen-bond donors (Lipinski definition) is 0. The minimum atomic E-state index is 0.581. The molecule has 68 heavy (non-hydrogen) atoms. The lowest BCUT2D eigenvalue weighted by atomic mass is 10.1. The van der Waals surface area contributed by atoms with Crippen LogP contribution in [0.15, 0.2) is 121 Å². The maximum absolute atomic E-state index is 2.55. The van der Waals surface area contributed by atoms with Gasteiger partial charge in [0.2, 0.25) is 0 Å². The molecule has 5 aromatic carbocycles. The van der Waals surface area contributed by atoms with Crippen molar-refractivity contribution in [3.63, 3.8) is 0 Å². The summed E-state index contributed by atoms with van der Waals surface area (Å²) in [7, 11) is 0. The zero-order valence-electron chi connectivity index (χ0n) is 45.5. The van der Waals surface area contributed by atoms with Crippen molar-refractivity contribution in [2.24, 2.45) is 47.3 Å². The molecule has 0 saturated heterocycles. The molecule has 0 saturated carbocycles. The summed E-state index contributed by atoms with van der Waals surface area (Å²) < 4.78 is 0. The first-order valence-corrected chi connectivity index (χ1v) is 26.4. The van der Waals surface area contributed by atoms with E-state index in [1.54, 1.807) is 0 Å². The Kier molecular flexibility index (Phi) is 20.2. The van der Waals surface area contributed by atoms with Crippen LogP contribution in [0.4, 0.5) is 56.9 Å². The maximum atomic E-state index is 2.55. The van der Waals surface area contributed by atoms with Gasteiger partial charge in [0.05, 0.1) is 0 Å². The van der Waals surface area contributed by atoms with Gasteiger partial charge in [-0.25, -0.2) is 0 Å². The van der Waals surface area contributed by atoms with Crippen molar-refractivity contribution in [2.75, 3.05) is 81.8 Å². The monoisotopic (exact) mass is 921 g/mol. The van der Waals surface area contributed by atoms with Gasteiger partial charge in [-0.3, -0.25) is 0 Å². The standard InChI is InChI=1S/C62H92N6/c1-45(2)37-63(38-46(3)4)53-17-25-57(26-18-53)67(58-27-19-54(20-28-58)64(39-47(5)6)40-48(7)8)61-33-35-62(36-34-61)68(59-29-21-55(22-30-59)65(41-49(9)10)42-50(11)12)60-31-23-56(24-32-60)66(43-51(13)14)44-52(15)16/h17-36,45-52H,37-44H2,1-16H3. The highest BCUT2D eigenvalue weighted by molar-refractivity contribution is 5.82. The van der Waals surface area contributed by atoms with E-state index < -0.39 is 0 Å². The SMILES string of the molecule is CC(C)CN(CC(C)C)c1ccc(N(c2ccc(N(CC(C)C)CC(C)C)cc2)c2ccc(N(c3ccc(N(CC(C)C)CC(C)C)cc3)c3ccc(N(CC(C)C)CC(C)C)cc3)cc2)cc1. The molecule has 0 heterocycles. The average Bonchev–Trinajstić information content (AvgIpc) is 3.26. The number of hydrogen-bond acceptors (Lipinski definition) is 6. The summed E-state index contributed by atoms with van der Waals surface area (Å²) in [6, 6.07) is 46.3. The van der Waals surface area contributed by atoms with E-state index in [9.17, 15) is 0 Å². The van der Waals surface area contributed by atoms with Crippen LogP contribution in [0.25, 0.3) is 0 Å². The quantitative estimate of drug-likeness (QED) is 0.0547. The lowest BCUT2D eigenvalue weighted by Crippen LogP contribution is -2.31. The van der Waals surface area contributed by atoms with Gasteiger partial charge >= 0.3 is 0 Å². The molecule has 0 unspecified atom stereocenters. The Labute approximate surface area is 416 Å². The van der Waals surface area contributed by atoms with Crippen LogP contribution in [-0.2, 0) is 0 Å². The zero-order chi connectivity index (χ0) is 49.7. The predicted octanol–water partition coefficient (Wildman–Crippen LogP) is 17.1. The molecule has 0 radical (unpaired) electrons. The molecule has 370 valence electrons. The molecule has 0 aliphatic rings. The third-order valence-corrected chi connectivity index (χ3v) is 11.9. The molecule has 0 aliphatic heterocycles.